The van der Waals surface area contributed by atoms with E-state index in [1.54, 1.807) is 12.4 Å². The summed E-state index contributed by atoms with van der Waals surface area (Å²) >= 11 is 0. The van der Waals surface area contributed by atoms with Gasteiger partial charge < -0.3 is 21.3 Å². The van der Waals surface area contributed by atoms with Crippen molar-refractivity contribution in [3.8, 4) is 11.1 Å². The summed E-state index contributed by atoms with van der Waals surface area (Å²) in [6.07, 6.45) is 17.9. The highest BCUT2D eigenvalue weighted by Gasteiger charge is 2.42. The van der Waals surface area contributed by atoms with Crippen LogP contribution < -0.4 is 21.3 Å². The van der Waals surface area contributed by atoms with E-state index in [2.05, 4.69) is 198 Å². The molecule has 1 heterocycles. The number of para-hydroxylation sites is 3. The van der Waals surface area contributed by atoms with Crippen LogP contribution in [0.4, 0.5) is 28.4 Å². The Kier molecular flexibility index (Phi) is 11.5. The first-order valence-electron chi connectivity index (χ1n) is 21.9. The van der Waals surface area contributed by atoms with Crippen molar-refractivity contribution in [1.29, 1.82) is 0 Å². The van der Waals surface area contributed by atoms with Gasteiger partial charge in [0.25, 0.3) is 0 Å². The van der Waals surface area contributed by atoms with Gasteiger partial charge >= 0.3 is 0 Å². The van der Waals surface area contributed by atoms with Gasteiger partial charge in [0.1, 0.15) is 0 Å². The summed E-state index contributed by atoms with van der Waals surface area (Å²) in [6, 6.07) is 50.6. The van der Waals surface area contributed by atoms with Crippen molar-refractivity contribution in [2.75, 3.05) is 9.80 Å². The zero-order chi connectivity index (χ0) is 43.6. The van der Waals surface area contributed by atoms with Crippen molar-refractivity contribution in [2.24, 2.45) is 11.5 Å². The van der Waals surface area contributed by atoms with Crippen LogP contribution in [-0.4, -0.2) is 0 Å². The van der Waals surface area contributed by atoms with Gasteiger partial charge in [0.15, 0.2) is 0 Å². The Morgan fingerprint density at radius 2 is 1.16 bits per heavy atom. The molecule has 8 rings (SSSR count). The zero-order valence-electron chi connectivity index (χ0n) is 37.4. The topological polar surface area (TPSA) is 58.5 Å². The molecule has 62 heavy (non-hydrogen) atoms. The molecule has 6 aromatic rings. The van der Waals surface area contributed by atoms with E-state index < -0.39 is 0 Å². The maximum Gasteiger partial charge on any atom is 0.0613 e. The van der Waals surface area contributed by atoms with E-state index in [0.717, 1.165) is 41.1 Å². The van der Waals surface area contributed by atoms with Gasteiger partial charge in [-0.15, -0.1) is 0 Å². The standard InChI is InChI=1S/C58H60N4/c1-56(2,3)43-31-33-46(34-32-43)62-54-27-19-18-26-50(54)57(4,5)53-37-49-48-35-30-41(36-51(48)58(6,7)52(49)38-55(53)62)28-29-42(39-59)20-12-8-9-13-25-47(40-60)61(44-21-14-10-15-22-44)45-23-16-11-17-24-45/h10-40H,8-9,59-60H2,1-7H3/b20-12-,25-13-,29-28+,42-39+,47-40+. The lowest BCUT2D eigenvalue weighted by Gasteiger charge is -2.43. The van der Waals surface area contributed by atoms with Gasteiger partial charge in [0, 0.05) is 40.3 Å². The summed E-state index contributed by atoms with van der Waals surface area (Å²) in [5.74, 6) is 0. The van der Waals surface area contributed by atoms with Crippen molar-refractivity contribution in [2.45, 2.75) is 77.6 Å². The summed E-state index contributed by atoms with van der Waals surface area (Å²) in [7, 11) is 0. The third-order valence-electron chi connectivity index (χ3n) is 12.8. The maximum absolute atomic E-state index is 6.18. The van der Waals surface area contributed by atoms with Crippen LogP contribution in [0.15, 0.2) is 194 Å². The van der Waals surface area contributed by atoms with Gasteiger partial charge in [0.2, 0.25) is 0 Å². The number of nitrogens with zero attached hydrogens (tertiary/aromatic N) is 2. The molecular weight excluding hydrogens is 753 g/mol. The Balaban J connectivity index is 1.00. The van der Waals surface area contributed by atoms with Crippen LogP contribution in [0, 0.1) is 0 Å². The molecule has 4 heteroatoms. The van der Waals surface area contributed by atoms with E-state index in [1.807, 2.05) is 36.4 Å². The van der Waals surface area contributed by atoms with Crippen LogP contribution in [0.25, 0.3) is 17.2 Å². The number of nitrogens with two attached hydrogens (primary N) is 2. The normalized spacial score (nSPS) is 15.5. The molecule has 0 spiro atoms. The first kappa shape index (κ1) is 41.9. The Morgan fingerprint density at radius 1 is 0.565 bits per heavy atom. The first-order valence-corrected chi connectivity index (χ1v) is 21.9. The van der Waals surface area contributed by atoms with Gasteiger partial charge in [-0.1, -0.05) is 164 Å². The van der Waals surface area contributed by atoms with E-state index in [1.165, 1.54) is 56.0 Å². The van der Waals surface area contributed by atoms with Crippen LogP contribution in [0.5, 0.6) is 0 Å². The predicted octanol–water partition coefficient (Wildman–Crippen LogP) is 14.8. The number of hydrogen-bond acceptors (Lipinski definition) is 4. The molecule has 4 N–H and O–H groups in total. The lowest BCUT2D eigenvalue weighted by atomic mass is 9.71. The fraction of sp³-hybridized carbons (Fsp3) is 0.207. The minimum Gasteiger partial charge on any atom is -0.404 e. The minimum absolute atomic E-state index is 0.0868. The Labute approximate surface area is 369 Å². The molecule has 0 atom stereocenters. The van der Waals surface area contributed by atoms with Crippen LogP contribution in [0.3, 0.4) is 0 Å². The van der Waals surface area contributed by atoms with E-state index in [-0.39, 0.29) is 16.2 Å². The van der Waals surface area contributed by atoms with E-state index in [9.17, 15) is 0 Å². The van der Waals surface area contributed by atoms with Crippen molar-refractivity contribution in [1.82, 2.24) is 0 Å². The molecule has 0 radical (unpaired) electrons. The van der Waals surface area contributed by atoms with Crippen molar-refractivity contribution < 1.29 is 0 Å². The Bertz CT molecular complexity index is 2680. The molecule has 0 saturated carbocycles. The molecule has 0 saturated heterocycles. The molecule has 0 aromatic heterocycles. The molecule has 312 valence electrons. The number of rotatable bonds is 11. The van der Waals surface area contributed by atoms with Gasteiger partial charge in [-0.3, -0.25) is 0 Å². The minimum atomic E-state index is -0.190. The third kappa shape index (κ3) is 7.94. The van der Waals surface area contributed by atoms with Crippen LogP contribution in [0.1, 0.15) is 94.7 Å². The molecular formula is C58H60N4. The monoisotopic (exact) mass is 812 g/mol. The van der Waals surface area contributed by atoms with E-state index in [0.29, 0.717) is 0 Å². The van der Waals surface area contributed by atoms with Gasteiger partial charge in [-0.2, -0.15) is 0 Å². The summed E-state index contributed by atoms with van der Waals surface area (Å²) in [4.78, 5) is 4.65. The molecule has 0 bridgehead atoms. The lowest BCUT2D eigenvalue weighted by Crippen LogP contribution is -2.31. The summed E-state index contributed by atoms with van der Waals surface area (Å²) in [5.41, 5.74) is 30.3. The van der Waals surface area contributed by atoms with E-state index >= 15 is 0 Å². The van der Waals surface area contributed by atoms with Crippen LogP contribution in [-0.2, 0) is 16.2 Å². The quantitative estimate of drug-likeness (QED) is 0.101. The van der Waals surface area contributed by atoms with E-state index in [4.69, 9.17) is 11.5 Å². The first-order chi connectivity index (χ1) is 29.8. The predicted molar refractivity (Wildman–Crippen MR) is 266 cm³/mol. The Morgan fingerprint density at radius 3 is 1.79 bits per heavy atom. The fourth-order valence-corrected chi connectivity index (χ4v) is 9.22. The molecule has 0 unspecified atom stereocenters. The highest BCUT2D eigenvalue weighted by Crippen LogP contribution is 2.57. The van der Waals surface area contributed by atoms with Crippen molar-refractivity contribution in [3.05, 3.63) is 227 Å². The van der Waals surface area contributed by atoms with Crippen LogP contribution in [0.2, 0.25) is 0 Å². The molecule has 0 fully saturated rings. The Hall–Kier alpha value is -6.78. The van der Waals surface area contributed by atoms with Gasteiger partial charge in [0.05, 0.1) is 17.1 Å². The number of anilines is 5. The average molecular weight is 813 g/mol. The number of fused-ring (bicyclic) bond motifs is 5. The second-order valence-corrected chi connectivity index (χ2v) is 18.6. The van der Waals surface area contributed by atoms with Gasteiger partial charge in [-0.05, 0) is 129 Å². The summed E-state index contributed by atoms with van der Waals surface area (Å²) in [6.45, 7) is 16.3. The fourth-order valence-electron chi connectivity index (χ4n) is 9.22. The molecule has 6 aromatic carbocycles. The van der Waals surface area contributed by atoms with Crippen molar-refractivity contribution >= 4 is 34.5 Å². The molecule has 0 amide bonds. The second-order valence-electron chi connectivity index (χ2n) is 18.6. The highest BCUT2D eigenvalue weighted by molar-refractivity contribution is 5.91. The summed E-state index contributed by atoms with van der Waals surface area (Å²) < 4.78 is 0. The maximum atomic E-state index is 6.18. The molecule has 1 aliphatic heterocycles. The number of unbranched alkanes of at least 4 members (excludes halogenated alkanes) is 1. The zero-order valence-corrected chi connectivity index (χ0v) is 37.4. The van der Waals surface area contributed by atoms with Crippen molar-refractivity contribution in [3.63, 3.8) is 0 Å². The third-order valence-corrected chi connectivity index (χ3v) is 12.8. The highest BCUT2D eigenvalue weighted by atomic mass is 15.2. The molecule has 4 nitrogen and oxygen atoms in total. The number of benzene rings is 6. The number of allylic oxidation sites excluding steroid dienone is 6. The summed E-state index contributed by atoms with van der Waals surface area (Å²) in [5, 5.41) is 0. The second kappa shape index (κ2) is 16.9. The van der Waals surface area contributed by atoms with Gasteiger partial charge in [-0.25, -0.2) is 0 Å². The smallest absolute Gasteiger partial charge is 0.0613 e. The molecule has 1 aliphatic carbocycles. The van der Waals surface area contributed by atoms with Crippen LogP contribution >= 0.6 is 0 Å². The molecule has 2 aliphatic rings. The SMILES string of the molecule is CC(C)(C)c1ccc(N2c3ccccc3C(C)(C)c3cc4c(cc32)C(C)(C)c2cc(/C=C/C(/C=C\CC/C=C\C(=C/N)N(c3ccccc3)c3ccccc3)=C/N)ccc2-4)cc1. The average Bonchev–Trinajstić information content (AvgIpc) is 3.50. The largest absolute Gasteiger partial charge is 0.404 e. The number of hydrogen-bond donors (Lipinski definition) is 2. The lowest BCUT2D eigenvalue weighted by molar-refractivity contribution is 0.590.